The molecule has 4 rings (SSSR count). The van der Waals surface area contributed by atoms with Crippen molar-refractivity contribution in [1.82, 2.24) is 4.31 Å². The van der Waals surface area contributed by atoms with E-state index in [4.69, 9.17) is 4.74 Å². The van der Waals surface area contributed by atoms with Crippen molar-refractivity contribution in [2.75, 3.05) is 13.1 Å². The SMILES string of the molecule is O=C1CC2(CCN(S(=O)(=O)Cc3ccc(F)cc3)CC2)Oc2ccc(Br)cc21. The number of hydrogen-bond acceptors (Lipinski definition) is 4. The summed E-state index contributed by atoms with van der Waals surface area (Å²) in [6, 6.07) is 10.8. The lowest BCUT2D eigenvalue weighted by Gasteiger charge is -2.43. The summed E-state index contributed by atoms with van der Waals surface area (Å²) in [6.07, 6.45) is 1.16. The molecule has 0 N–H and O–H groups in total. The summed E-state index contributed by atoms with van der Waals surface area (Å²) in [5.74, 6) is 0.0106. The van der Waals surface area contributed by atoms with Gasteiger partial charge in [-0.2, -0.15) is 0 Å². The monoisotopic (exact) mass is 467 g/mol. The van der Waals surface area contributed by atoms with Crippen molar-refractivity contribution < 1.29 is 22.3 Å². The van der Waals surface area contributed by atoms with E-state index in [-0.39, 0.29) is 18.0 Å². The Morgan fingerprint density at radius 1 is 1.11 bits per heavy atom. The summed E-state index contributed by atoms with van der Waals surface area (Å²) in [6.45, 7) is 0.589. The number of benzene rings is 2. The molecule has 0 atom stereocenters. The van der Waals surface area contributed by atoms with Gasteiger partial charge in [0.2, 0.25) is 10.0 Å². The van der Waals surface area contributed by atoms with Crippen LogP contribution in [0, 0.1) is 5.82 Å². The highest BCUT2D eigenvalue weighted by Crippen LogP contribution is 2.40. The largest absolute Gasteiger partial charge is 0.486 e. The first-order chi connectivity index (χ1) is 13.3. The van der Waals surface area contributed by atoms with Crippen LogP contribution in [0.2, 0.25) is 0 Å². The molecule has 0 aromatic heterocycles. The van der Waals surface area contributed by atoms with Gasteiger partial charge in [0.25, 0.3) is 0 Å². The second kappa shape index (κ2) is 7.24. The van der Waals surface area contributed by atoms with Crippen molar-refractivity contribution in [1.29, 1.82) is 0 Å². The Kier molecular flexibility index (Phi) is 5.05. The van der Waals surface area contributed by atoms with Crippen molar-refractivity contribution in [3.05, 3.63) is 63.9 Å². The maximum atomic E-state index is 13.0. The number of carbonyl (C=O) groups excluding carboxylic acids is 1. The van der Waals surface area contributed by atoms with E-state index in [9.17, 15) is 17.6 Å². The van der Waals surface area contributed by atoms with Gasteiger partial charge >= 0.3 is 0 Å². The molecule has 5 nitrogen and oxygen atoms in total. The molecule has 8 heteroatoms. The first kappa shape index (κ1) is 19.5. The fourth-order valence-electron chi connectivity index (χ4n) is 3.80. The molecular weight excluding hydrogens is 449 g/mol. The van der Waals surface area contributed by atoms with Gasteiger partial charge in [-0.05, 0) is 35.9 Å². The van der Waals surface area contributed by atoms with Crippen molar-refractivity contribution in [2.24, 2.45) is 0 Å². The number of rotatable bonds is 3. The van der Waals surface area contributed by atoms with Crippen LogP contribution in [0.15, 0.2) is 46.9 Å². The van der Waals surface area contributed by atoms with E-state index in [1.165, 1.54) is 28.6 Å². The van der Waals surface area contributed by atoms with E-state index in [0.717, 1.165) is 4.47 Å². The molecule has 2 aliphatic heterocycles. The maximum Gasteiger partial charge on any atom is 0.218 e. The standard InChI is InChI=1S/C20H19BrFNO4S/c21-15-3-6-19-17(11-15)18(24)12-20(27-19)7-9-23(10-8-20)28(25,26)13-14-1-4-16(22)5-2-14/h1-6,11H,7-10,12-13H2. The molecule has 0 aliphatic carbocycles. The number of ether oxygens (including phenoxy) is 1. The summed E-state index contributed by atoms with van der Waals surface area (Å²) in [7, 11) is -3.52. The fraction of sp³-hybridized carbons (Fsp3) is 0.350. The van der Waals surface area contributed by atoms with Crippen LogP contribution >= 0.6 is 15.9 Å². The van der Waals surface area contributed by atoms with Crippen LogP contribution in [0.1, 0.15) is 35.2 Å². The Hall–Kier alpha value is -1.77. The number of sulfonamides is 1. The van der Waals surface area contributed by atoms with E-state index >= 15 is 0 Å². The van der Waals surface area contributed by atoms with E-state index in [0.29, 0.717) is 42.8 Å². The van der Waals surface area contributed by atoms with Crippen LogP contribution in [-0.4, -0.2) is 37.2 Å². The van der Waals surface area contributed by atoms with Gasteiger partial charge in [-0.3, -0.25) is 4.79 Å². The predicted octanol–water partition coefficient (Wildman–Crippen LogP) is 3.92. The lowest BCUT2D eigenvalue weighted by molar-refractivity contribution is 0.00588. The molecule has 1 spiro atoms. The minimum Gasteiger partial charge on any atom is -0.486 e. The fourth-order valence-corrected chi connectivity index (χ4v) is 5.70. The van der Waals surface area contributed by atoms with Crippen LogP contribution in [0.5, 0.6) is 5.75 Å². The summed E-state index contributed by atoms with van der Waals surface area (Å²) < 4.78 is 46.9. The Morgan fingerprint density at radius 3 is 2.46 bits per heavy atom. The molecular formula is C20H19BrFNO4S. The van der Waals surface area contributed by atoms with Crippen LogP contribution in [0.4, 0.5) is 4.39 Å². The third kappa shape index (κ3) is 3.86. The second-order valence-corrected chi connectivity index (χ2v) is 10.2. The molecule has 0 radical (unpaired) electrons. The number of halogens is 2. The van der Waals surface area contributed by atoms with Gasteiger partial charge in [-0.1, -0.05) is 28.1 Å². The third-order valence-electron chi connectivity index (χ3n) is 5.34. The van der Waals surface area contributed by atoms with Crippen LogP contribution in [0.25, 0.3) is 0 Å². The molecule has 1 fully saturated rings. The number of fused-ring (bicyclic) bond motifs is 1. The summed E-state index contributed by atoms with van der Waals surface area (Å²) in [4.78, 5) is 12.6. The number of Topliss-reactive ketones (excluding diaryl/α,β-unsaturated/α-hetero) is 1. The first-order valence-corrected chi connectivity index (χ1v) is 11.4. The number of ketones is 1. The number of carbonyl (C=O) groups is 1. The van der Waals surface area contributed by atoms with E-state index in [2.05, 4.69) is 15.9 Å². The highest BCUT2D eigenvalue weighted by Gasteiger charge is 2.44. The summed E-state index contributed by atoms with van der Waals surface area (Å²) in [5, 5.41) is 0. The number of nitrogens with zero attached hydrogens (tertiary/aromatic N) is 1. The summed E-state index contributed by atoms with van der Waals surface area (Å²) in [5.41, 5.74) is 0.455. The Balaban J connectivity index is 1.46. The molecule has 0 bridgehead atoms. The zero-order valence-electron chi connectivity index (χ0n) is 15.0. The Bertz CT molecular complexity index is 1020. The first-order valence-electron chi connectivity index (χ1n) is 9.00. The van der Waals surface area contributed by atoms with Crippen LogP contribution < -0.4 is 4.74 Å². The van der Waals surface area contributed by atoms with E-state index in [1.807, 2.05) is 6.07 Å². The lowest BCUT2D eigenvalue weighted by Crippen LogP contribution is -2.52. The predicted molar refractivity (Wildman–Crippen MR) is 106 cm³/mol. The zero-order chi connectivity index (χ0) is 19.9. The average molecular weight is 468 g/mol. The van der Waals surface area contributed by atoms with Crippen LogP contribution in [0.3, 0.4) is 0 Å². The molecule has 0 unspecified atom stereocenters. The zero-order valence-corrected chi connectivity index (χ0v) is 17.4. The Labute approximate surface area is 171 Å². The average Bonchev–Trinajstić information content (AvgIpc) is 2.65. The molecule has 2 aromatic carbocycles. The van der Waals surface area contributed by atoms with Crippen molar-refractivity contribution >= 4 is 31.7 Å². The molecule has 2 aliphatic rings. The van der Waals surface area contributed by atoms with E-state index in [1.54, 1.807) is 12.1 Å². The maximum absolute atomic E-state index is 13.0. The van der Waals surface area contributed by atoms with Gasteiger partial charge < -0.3 is 4.74 Å². The smallest absolute Gasteiger partial charge is 0.218 e. The third-order valence-corrected chi connectivity index (χ3v) is 7.68. The lowest BCUT2D eigenvalue weighted by atomic mass is 9.83. The molecule has 2 heterocycles. The van der Waals surface area contributed by atoms with Gasteiger partial charge in [0.05, 0.1) is 17.7 Å². The molecule has 0 amide bonds. The van der Waals surface area contributed by atoms with Crippen molar-refractivity contribution in [2.45, 2.75) is 30.6 Å². The quantitative estimate of drug-likeness (QED) is 0.685. The van der Waals surface area contributed by atoms with E-state index < -0.39 is 21.4 Å². The Morgan fingerprint density at radius 2 is 1.79 bits per heavy atom. The van der Waals surface area contributed by atoms with Gasteiger partial charge in [0.15, 0.2) is 5.78 Å². The van der Waals surface area contributed by atoms with Crippen molar-refractivity contribution in [3.8, 4) is 5.75 Å². The van der Waals surface area contributed by atoms with Gasteiger partial charge in [-0.25, -0.2) is 17.1 Å². The molecule has 1 saturated heterocycles. The molecule has 148 valence electrons. The minimum absolute atomic E-state index is 0.0187. The molecule has 2 aromatic rings. The highest BCUT2D eigenvalue weighted by atomic mass is 79.9. The van der Waals surface area contributed by atoms with Crippen LogP contribution in [-0.2, 0) is 15.8 Å². The second-order valence-electron chi connectivity index (χ2n) is 7.31. The topological polar surface area (TPSA) is 63.7 Å². The number of hydrogen-bond donors (Lipinski definition) is 0. The minimum atomic E-state index is -3.52. The normalized spacial score (nSPS) is 19.3. The number of piperidine rings is 1. The molecule has 0 saturated carbocycles. The van der Waals surface area contributed by atoms with Gasteiger partial charge in [0.1, 0.15) is 17.2 Å². The molecule has 28 heavy (non-hydrogen) atoms. The highest BCUT2D eigenvalue weighted by molar-refractivity contribution is 9.10. The van der Waals surface area contributed by atoms with Gasteiger partial charge in [0, 0.05) is 30.4 Å². The summed E-state index contributed by atoms with van der Waals surface area (Å²) >= 11 is 3.36. The van der Waals surface area contributed by atoms with Crippen molar-refractivity contribution in [3.63, 3.8) is 0 Å². The van der Waals surface area contributed by atoms with Gasteiger partial charge in [-0.15, -0.1) is 0 Å².